The number of nitrogens with zero attached hydrogens (tertiary/aromatic N) is 2. The summed E-state index contributed by atoms with van der Waals surface area (Å²) >= 11 is 0. The van der Waals surface area contributed by atoms with Gasteiger partial charge in [0.15, 0.2) is 5.75 Å². The number of anilines is 2. The Bertz CT molecular complexity index is 734. The van der Waals surface area contributed by atoms with Crippen LogP contribution in [0, 0.1) is 5.95 Å². The van der Waals surface area contributed by atoms with E-state index >= 15 is 0 Å². The molecule has 5 heteroatoms. The molecule has 0 aliphatic rings. The highest BCUT2D eigenvalue weighted by Crippen LogP contribution is 2.30. The molecule has 1 heterocycles. The minimum absolute atomic E-state index is 0.367. The van der Waals surface area contributed by atoms with Gasteiger partial charge in [0.1, 0.15) is 17.9 Å². The van der Waals surface area contributed by atoms with Crippen LogP contribution in [0.15, 0.2) is 67.0 Å². The normalized spacial score (nSPS) is 10.1. The lowest BCUT2D eigenvalue weighted by Gasteiger charge is -2.12. The van der Waals surface area contributed by atoms with Gasteiger partial charge in [0.25, 0.3) is 0 Å². The maximum atomic E-state index is 13.1. The molecule has 0 aliphatic carbocycles. The number of hydrogen-bond donors (Lipinski definition) is 1. The van der Waals surface area contributed by atoms with Gasteiger partial charge in [-0.2, -0.15) is 4.39 Å². The second kappa shape index (κ2) is 6.00. The number of para-hydroxylation sites is 3. The quantitative estimate of drug-likeness (QED) is 0.730. The number of rotatable bonds is 4. The summed E-state index contributed by atoms with van der Waals surface area (Å²) in [6.07, 6.45) is 1.17. The van der Waals surface area contributed by atoms with Gasteiger partial charge in [-0.3, -0.25) is 0 Å². The van der Waals surface area contributed by atoms with E-state index in [0.29, 0.717) is 17.3 Å². The third kappa shape index (κ3) is 3.33. The van der Waals surface area contributed by atoms with E-state index in [4.69, 9.17) is 4.74 Å². The topological polar surface area (TPSA) is 47.0 Å². The van der Waals surface area contributed by atoms with Crippen molar-refractivity contribution in [2.45, 2.75) is 0 Å². The molecule has 0 spiro atoms. The Balaban J connectivity index is 1.86. The SMILES string of the molecule is Fc1cc(Nc2ccccc2Oc2ccccc2)ncn1. The van der Waals surface area contributed by atoms with E-state index < -0.39 is 5.95 Å². The highest BCUT2D eigenvalue weighted by atomic mass is 19.1. The molecule has 3 aromatic rings. The van der Waals surface area contributed by atoms with Crippen molar-refractivity contribution in [2.75, 3.05) is 5.32 Å². The van der Waals surface area contributed by atoms with Gasteiger partial charge in [-0.1, -0.05) is 30.3 Å². The van der Waals surface area contributed by atoms with Crippen molar-refractivity contribution in [3.05, 3.63) is 72.9 Å². The molecular weight excluding hydrogens is 269 g/mol. The Labute approximate surface area is 121 Å². The molecular formula is C16H12FN3O. The number of ether oxygens (including phenoxy) is 1. The van der Waals surface area contributed by atoms with E-state index in [1.54, 1.807) is 0 Å². The summed E-state index contributed by atoms with van der Waals surface area (Å²) in [7, 11) is 0. The first kappa shape index (κ1) is 13.1. The van der Waals surface area contributed by atoms with Gasteiger partial charge in [0.05, 0.1) is 5.69 Å². The van der Waals surface area contributed by atoms with Gasteiger partial charge in [-0.15, -0.1) is 0 Å². The summed E-state index contributed by atoms with van der Waals surface area (Å²) in [5.41, 5.74) is 0.694. The van der Waals surface area contributed by atoms with E-state index in [9.17, 15) is 4.39 Å². The highest BCUT2D eigenvalue weighted by Gasteiger charge is 2.06. The van der Waals surface area contributed by atoms with Crippen molar-refractivity contribution >= 4 is 11.5 Å². The fraction of sp³-hybridized carbons (Fsp3) is 0. The Kier molecular flexibility index (Phi) is 3.73. The van der Waals surface area contributed by atoms with Gasteiger partial charge in [-0.25, -0.2) is 9.97 Å². The number of nitrogens with one attached hydrogen (secondary N) is 1. The molecule has 0 saturated heterocycles. The van der Waals surface area contributed by atoms with E-state index in [1.807, 2.05) is 54.6 Å². The molecule has 0 amide bonds. The predicted molar refractivity (Wildman–Crippen MR) is 78.2 cm³/mol. The fourth-order valence-corrected chi connectivity index (χ4v) is 1.81. The average molecular weight is 281 g/mol. The van der Waals surface area contributed by atoms with Crippen molar-refractivity contribution in [2.24, 2.45) is 0 Å². The Morgan fingerprint density at radius 2 is 1.67 bits per heavy atom. The molecule has 4 nitrogen and oxygen atoms in total. The van der Waals surface area contributed by atoms with E-state index in [0.717, 1.165) is 5.75 Å². The third-order valence-electron chi connectivity index (χ3n) is 2.75. The molecule has 0 fully saturated rings. The van der Waals surface area contributed by atoms with Crippen LogP contribution in [0.4, 0.5) is 15.9 Å². The summed E-state index contributed by atoms with van der Waals surface area (Å²) in [5, 5.41) is 3.02. The monoisotopic (exact) mass is 281 g/mol. The van der Waals surface area contributed by atoms with Crippen molar-refractivity contribution < 1.29 is 9.13 Å². The van der Waals surface area contributed by atoms with Crippen LogP contribution >= 0.6 is 0 Å². The van der Waals surface area contributed by atoms with Crippen LogP contribution in [0.1, 0.15) is 0 Å². The minimum Gasteiger partial charge on any atom is -0.455 e. The standard InChI is InChI=1S/C16H12FN3O/c17-15-10-16(19-11-18-15)20-13-8-4-5-9-14(13)21-12-6-2-1-3-7-12/h1-11H,(H,18,19,20). The number of halogens is 1. The summed E-state index contributed by atoms with van der Waals surface area (Å²) in [4.78, 5) is 7.39. The molecule has 0 atom stereocenters. The Morgan fingerprint density at radius 3 is 2.48 bits per heavy atom. The highest BCUT2D eigenvalue weighted by molar-refractivity contribution is 5.64. The van der Waals surface area contributed by atoms with Gasteiger partial charge in [0.2, 0.25) is 5.95 Å². The molecule has 0 radical (unpaired) electrons. The van der Waals surface area contributed by atoms with Gasteiger partial charge in [0, 0.05) is 6.07 Å². The number of benzene rings is 2. The number of hydrogen-bond acceptors (Lipinski definition) is 4. The van der Waals surface area contributed by atoms with Crippen molar-refractivity contribution in [3.8, 4) is 11.5 Å². The van der Waals surface area contributed by atoms with Gasteiger partial charge >= 0.3 is 0 Å². The van der Waals surface area contributed by atoms with E-state index in [1.165, 1.54) is 12.4 Å². The van der Waals surface area contributed by atoms with Crippen LogP contribution in [0.2, 0.25) is 0 Å². The van der Waals surface area contributed by atoms with E-state index in [2.05, 4.69) is 15.3 Å². The van der Waals surface area contributed by atoms with Crippen molar-refractivity contribution in [1.29, 1.82) is 0 Å². The first-order chi connectivity index (χ1) is 10.3. The zero-order chi connectivity index (χ0) is 14.5. The molecule has 104 valence electrons. The molecule has 0 saturated carbocycles. The van der Waals surface area contributed by atoms with Crippen LogP contribution in [-0.4, -0.2) is 9.97 Å². The van der Waals surface area contributed by atoms with Gasteiger partial charge < -0.3 is 10.1 Å². The smallest absolute Gasteiger partial charge is 0.218 e. The largest absolute Gasteiger partial charge is 0.455 e. The molecule has 21 heavy (non-hydrogen) atoms. The van der Waals surface area contributed by atoms with Crippen LogP contribution in [0.25, 0.3) is 0 Å². The zero-order valence-corrected chi connectivity index (χ0v) is 11.0. The fourth-order valence-electron chi connectivity index (χ4n) is 1.81. The molecule has 3 rings (SSSR count). The van der Waals surface area contributed by atoms with Crippen LogP contribution in [-0.2, 0) is 0 Å². The maximum Gasteiger partial charge on any atom is 0.218 e. The first-order valence-corrected chi connectivity index (χ1v) is 6.38. The molecule has 0 bridgehead atoms. The lowest BCUT2D eigenvalue weighted by molar-refractivity contribution is 0.485. The molecule has 0 unspecified atom stereocenters. The predicted octanol–water partition coefficient (Wildman–Crippen LogP) is 4.15. The second-order valence-electron chi connectivity index (χ2n) is 4.26. The average Bonchev–Trinajstić information content (AvgIpc) is 2.50. The number of aromatic nitrogens is 2. The minimum atomic E-state index is -0.589. The summed E-state index contributed by atoms with van der Waals surface area (Å²) < 4.78 is 18.9. The second-order valence-corrected chi connectivity index (χ2v) is 4.26. The summed E-state index contributed by atoms with van der Waals surface area (Å²) in [6.45, 7) is 0. The maximum absolute atomic E-state index is 13.1. The van der Waals surface area contributed by atoms with Crippen LogP contribution < -0.4 is 10.1 Å². The van der Waals surface area contributed by atoms with Crippen LogP contribution in [0.3, 0.4) is 0 Å². The Hall–Kier alpha value is -2.95. The molecule has 1 aromatic heterocycles. The zero-order valence-electron chi connectivity index (χ0n) is 11.0. The lowest BCUT2D eigenvalue weighted by Crippen LogP contribution is -1.97. The van der Waals surface area contributed by atoms with Crippen molar-refractivity contribution in [1.82, 2.24) is 9.97 Å². The van der Waals surface area contributed by atoms with Gasteiger partial charge in [-0.05, 0) is 24.3 Å². The summed E-state index contributed by atoms with van der Waals surface area (Å²) in [5.74, 6) is 1.13. The third-order valence-corrected chi connectivity index (χ3v) is 2.75. The molecule has 2 aromatic carbocycles. The van der Waals surface area contributed by atoms with E-state index in [-0.39, 0.29) is 0 Å². The Morgan fingerprint density at radius 1 is 0.905 bits per heavy atom. The van der Waals surface area contributed by atoms with Crippen LogP contribution in [0.5, 0.6) is 11.5 Å². The first-order valence-electron chi connectivity index (χ1n) is 6.38. The lowest BCUT2D eigenvalue weighted by atomic mass is 10.3. The van der Waals surface area contributed by atoms with Crippen molar-refractivity contribution in [3.63, 3.8) is 0 Å². The summed E-state index contributed by atoms with van der Waals surface area (Å²) in [6, 6.07) is 18.0. The molecule has 1 N–H and O–H groups in total. The molecule has 0 aliphatic heterocycles.